The van der Waals surface area contributed by atoms with E-state index in [1.54, 1.807) is 18.7 Å². The molecule has 5 N–H and O–H groups in total. The second kappa shape index (κ2) is 21.3. The predicted octanol–water partition coefficient (Wildman–Crippen LogP) is 5.40. The van der Waals surface area contributed by atoms with E-state index in [4.69, 9.17) is 9.47 Å². The second-order valence-electron chi connectivity index (χ2n) is 15.9. The Labute approximate surface area is 341 Å². The first-order valence-electron chi connectivity index (χ1n) is 19.8. The molecule has 1 aliphatic heterocycles. The molecule has 316 valence electrons. The van der Waals surface area contributed by atoms with Crippen LogP contribution in [0.1, 0.15) is 69.2 Å². The van der Waals surface area contributed by atoms with Crippen LogP contribution in [0.25, 0.3) is 0 Å². The molecule has 1 aliphatic rings. The molecule has 0 saturated carbocycles. The molecule has 1 unspecified atom stereocenters. The molecule has 1 heterocycles. The minimum Gasteiger partial charge on any atom is -0.483 e. The quantitative estimate of drug-likeness (QED) is 0.0686. The molecule has 3 aromatic carbocycles. The average Bonchev–Trinajstić information content (AvgIpc) is 3.15. The van der Waals surface area contributed by atoms with Gasteiger partial charge in [-0.15, -0.1) is 0 Å². The highest BCUT2D eigenvalue weighted by Gasteiger charge is 2.39. The standard InChI is InChI=1S/C43H59N4O10P/c1-29(2)38(47-23-14-22-44-42(47)51)40(49)45-34(25-32-17-9-7-10-18-32)27-36(57-41(50)43(5,6)21-24-56-58(52,53)54)35(26-33-19-11-8-12-20-33)46-37(48)28-55-39-30(3)15-13-16-31(39)4/h7-13,15-20,29,34-36,38H,14,21-28H2,1-6H3,(H,44,51)(H,45,49)(H,46,48)(H2,52,53,54)/t34-,35-,36?,38-/m0/s1. The Morgan fingerprint density at radius 1 is 0.897 bits per heavy atom. The van der Waals surface area contributed by atoms with Gasteiger partial charge in [0, 0.05) is 25.6 Å². The number of phosphoric ester groups is 1. The summed E-state index contributed by atoms with van der Waals surface area (Å²) in [5.74, 6) is -1.15. The van der Waals surface area contributed by atoms with Crippen LogP contribution in [-0.4, -0.2) is 89.0 Å². The number of nitrogens with one attached hydrogen (secondary N) is 3. The molecule has 4 atom stereocenters. The van der Waals surface area contributed by atoms with Gasteiger partial charge in [0.25, 0.3) is 5.91 Å². The molecule has 4 amide bonds. The highest BCUT2D eigenvalue weighted by atomic mass is 31.2. The van der Waals surface area contributed by atoms with Crippen LogP contribution in [-0.2, 0) is 41.1 Å². The second-order valence-corrected chi connectivity index (χ2v) is 17.1. The van der Waals surface area contributed by atoms with E-state index in [2.05, 4.69) is 20.5 Å². The normalized spacial score (nSPS) is 15.5. The van der Waals surface area contributed by atoms with Crippen LogP contribution >= 0.6 is 7.82 Å². The van der Waals surface area contributed by atoms with Gasteiger partial charge in [0.1, 0.15) is 17.9 Å². The molecule has 58 heavy (non-hydrogen) atoms. The van der Waals surface area contributed by atoms with Crippen molar-refractivity contribution in [1.82, 2.24) is 20.9 Å². The zero-order valence-corrected chi connectivity index (χ0v) is 35.2. The Hall–Kier alpha value is -4.75. The van der Waals surface area contributed by atoms with Gasteiger partial charge in [-0.1, -0.05) is 92.7 Å². The summed E-state index contributed by atoms with van der Waals surface area (Å²) in [7, 11) is -4.79. The van der Waals surface area contributed by atoms with Crippen LogP contribution in [0.15, 0.2) is 78.9 Å². The number of carbonyl (C=O) groups is 4. The van der Waals surface area contributed by atoms with E-state index in [1.165, 1.54) is 0 Å². The number of urea groups is 1. The van der Waals surface area contributed by atoms with E-state index in [9.17, 15) is 33.5 Å². The lowest BCUT2D eigenvalue weighted by atomic mass is 9.89. The number of phosphoric acid groups is 1. The Morgan fingerprint density at radius 2 is 1.50 bits per heavy atom. The van der Waals surface area contributed by atoms with Crippen molar-refractivity contribution >= 4 is 31.6 Å². The summed E-state index contributed by atoms with van der Waals surface area (Å²) >= 11 is 0. The summed E-state index contributed by atoms with van der Waals surface area (Å²) in [5.41, 5.74) is 2.20. The molecular weight excluding hydrogens is 763 g/mol. The number of ether oxygens (including phenoxy) is 2. The third-order valence-corrected chi connectivity index (χ3v) is 10.7. The topological polar surface area (TPSA) is 193 Å². The maximum absolute atomic E-state index is 14.3. The van der Waals surface area contributed by atoms with E-state index in [-0.39, 0.29) is 43.7 Å². The number of amides is 4. The van der Waals surface area contributed by atoms with Crippen LogP contribution in [0, 0.1) is 25.2 Å². The molecule has 14 nitrogen and oxygen atoms in total. The van der Waals surface area contributed by atoms with Crippen LogP contribution in [0.5, 0.6) is 5.75 Å². The van der Waals surface area contributed by atoms with Crippen LogP contribution in [0.4, 0.5) is 4.79 Å². The molecule has 4 rings (SSSR count). The monoisotopic (exact) mass is 822 g/mol. The molecule has 1 fully saturated rings. The highest BCUT2D eigenvalue weighted by Crippen LogP contribution is 2.37. The fourth-order valence-electron chi connectivity index (χ4n) is 7.05. The lowest BCUT2D eigenvalue weighted by Gasteiger charge is -2.38. The number of aryl methyl sites for hydroxylation is 2. The van der Waals surface area contributed by atoms with Crippen molar-refractivity contribution in [2.24, 2.45) is 11.3 Å². The van der Waals surface area contributed by atoms with Crippen LogP contribution in [0.3, 0.4) is 0 Å². The van der Waals surface area contributed by atoms with Crippen molar-refractivity contribution in [3.05, 3.63) is 101 Å². The lowest BCUT2D eigenvalue weighted by molar-refractivity contribution is -0.163. The molecule has 15 heteroatoms. The molecule has 0 radical (unpaired) electrons. The van der Waals surface area contributed by atoms with Gasteiger partial charge in [-0.05, 0) is 81.5 Å². The largest absolute Gasteiger partial charge is 0.483 e. The molecule has 0 bridgehead atoms. The van der Waals surface area contributed by atoms with Gasteiger partial charge in [-0.25, -0.2) is 9.36 Å². The third kappa shape index (κ3) is 14.3. The summed E-state index contributed by atoms with van der Waals surface area (Å²) in [5, 5.41) is 9.10. The Kier molecular flexibility index (Phi) is 16.9. The van der Waals surface area contributed by atoms with E-state index >= 15 is 0 Å². The van der Waals surface area contributed by atoms with Gasteiger partial charge in [-0.2, -0.15) is 0 Å². The SMILES string of the molecule is Cc1cccc(C)c1OCC(=O)N[C@@H](Cc1ccccc1)C(C[C@H](Cc1ccccc1)NC(=O)[C@H](C(C)C)N1CCCNC1=O)OC(=O)C(C)(C)CCOP(=O)(O)O. The summed E-state index contributed by atoms with van der Waals surface area (Å²) in [6.45, 7) is 10.9. The van der Waals surface area contributed by atoms with Crippen LogP contribution < -0.4 is 20.7 Å². The number of nitrogens with zero attached hydrogens (tertiary/aromatic N) is 1. The maximum Gasteiger partial charge on any atom is 0.469 e. The molecular formula is C43H59N4O10P. The Balaban J connectivity index is 1.72. The van der Waals surface area contributed by atoms with Gasteiger partial charge >= 0.3 is 19.8 Å². The van der Waals surface area contributed by atoms with Gasteiger partial charge in [0.15, 0.2) is 6.61 Å². The summed E-state index contributed by atoms with van der Waals surface area (Å²) in [6, 6.07) is 22.0. The average molecular weight is 823 g/mol. The van der Waals surface area contributed by atoms with Gasteiger partial charge in [0.05, 0.1) is 18.1 Å². The lowest BCUT2D eigenvalue weighted by Crippen LogP contribution is -2.59. The number of hydrogen-bond donors (Lipinski definition) is 5. The molecule has 1 saturated heterocycles. The van der Waals surface area contributed by atoms with Crippen molar-refractivity contribution in [2.75, 3.05) is 26.3 Å². The fraction of sp³-hybridized carbons (Fsp3) is 0.488. The van der Waals surface area contributed by atoms with Gasteiger partial charge in [0.2, 0.25) is 5.91 Å². The van der Waals surface area contributed by atoms with Crippen molar-refractivity contribution in [2.45, 2.75) is 97.9 Å². The number of rotatable bonds is 21. The van der Waals surface area contributed by atoms with Crippen molar-refractivity contribution in [3.8, 4) is 5.75 Å². The first-order chi connectivity index (χ1) is 27.4. The minimum atomic E-state index is -4.79. The van der Waals surface area contributed by atoms with E-state index in [0.29, 0.717) is 31.7 Å². The number of esters is 1. The number of carbonyl (C=O) groups excluding carboxylic acids is 4. The summed E-state index contributed by atoms with van der Waals surface area (Å²) in [6.07, 6.45) is 0.193. The van der Waals surface area contributed by atoms with Crippen molar-refractivity contribution < 1.29 is 47.5 Å². The van der Waals surface area contributed by atoms with Gasteiger partial charge in [-0.3, -0.25) is 18.9 Å². The Bertz CT molecular complexity index is 1850. The number of hydrogen-bond acceptors (Lipinski definition) is 8. The molecule has 0 aliphatic carbocycles. The number of benzene rings is 3. The van der Waals surface area contributed by atoms with Crippen LogP contribution in [0.2, 0.25) is 0 Å². The predicted molar refractivity (Wildman–Crippen MR) is 220 cm³/mol. The van der Waals surface area contributed by atoms with Crippen molar-refractivity contribution in [3.63, 3.8) is 0 Å². The maximum atomic E-state index is 14.3. The molecule has 0 aromatic heterocycles. The summed E-state index contributed by atoms with van der Waals surface area (Å²) in [4.78, 5) is 75.3. The zero-order valence-electron chi connectivity index (χ0n) is 34.3. The van der Waals surface area contributed by atoms with E-state index in [1.807, 2.05) is 107 Å². The van der Waals surface area contributed by atoms with E-state index in [0.717, 1.165) is 22.3 Å². The fourth-order valence-corrected chi connectivity index (χ4v) is 7.38. The van der Waals surface area contributed by atoms with Gasteiger partial charge < -0.3 is 40.1 Å². The first-order valence-corrected chi connectivity index (χ1v) is 21.3. The third-order valence-electron chi connectivity index (χ3n) is 10.2. The zero-order chi connectivity index (χ0) is 42.5. The van der Waals surface area contributed by atoms with Crippen molar-refractivity contribution in [1.29, 1.82) is 0 Å². The first kappa shape index (κ1) is 45.9. The minimum absolute atomic E-state index is 0.0496. The highest BCUT2D eigenvalue weighted by molar-refractivity contribution is 7.46. The van der Waals surface area contributed by atoms with E-state index < -0.39 is 56.0 Å². The Morgan fingerprint density at radius 3 is 2.07 bits per heavy atom. The number of para-hydroxylation sites is 1. The molecule has 0 spiro atoms. The molecule has 3 aromatic rings. The smallest absolute Gasteiger partial charge is 0.469 e. The summed E-state index contributed by atoms with van der Waals surface area (Å²) < 4.78 is 28.4.